The van der Waals surface area contributed by atoms with Crippen LogP contribution in [0.15, 0.2) is 60.9 Å². The van der Waals surface area contributed by atoms with Crippen molar-refractivity contribution >= 4 is 5.91 Å². The summed E-state index contributed by atoms with van der Waals surface area (Å²) in [5.74, 6) is 1.18. The molecule has 0 aliphatic heterocycles. The van der Waals surface area contributed by atoms with Gasteiger partial charge in [0.25, 0.3) is 5.91 Å². The first-order valence-corrected chi connectivity index (χ1v) is 9.54. The van der Waals surface area contributed by atoms with Crippen LogP contribution in [0.2, 0.25) is 0 Å². The van der Waals surface area contributed by atoms with Crippen molar-refractivity contribution in [3.63, 3.8) is 0 Å². The Morgan fingerprint density at radius 1 is 1.20 bits per heavy atom. The van der Waals surface area contributed by atoms with E-state index in [1.54, 1.807) is 30.3 Å². The second kappa shape index (κ2) is 8.20. The van der Waals surface area contributed by atoms with Crippen LogP contribution in [-0.2, 0) is 0 Å². The maximum atomic E-state index is 12.8. The minimum absolute atomic E-state index is 0.243. The second-order valence-corrected chi connectivity index (χ2v) is 6.85. The summed E-state index contributed by atoms with van der Waals surface area (Å²) in [6.07, 6.45) is 3.47. The topological polar surface area (TPSA) is 97.7 Å². The highest BCUT2D eigenvalue weighted by Crippen LogP contribution is 2.28. The standard InChI is InChI=1S/C22H22N6O2/c1-14(17-13-24-28(15(17)2)21-10-6-7-11-23-21)25-22(29)19-12-18(26-27-19)16-8-4-5-9-20(16)30-3/h4-14H,1-3H3,(H,25,29)(H,26,27). The van der Waals surface area contributed by atoms with Gasteiger partial charge < -0.3 is 10.1 Å². The summed E-state index contributed by atoms with van der Waals surface area (Å²) in [6, 6.07) is 14.7. The smallest absolute Gasteiger partial charge is 0.269 e. The third-order valence-electron chi connectivity index (χ3n) is 4.93. The average Bonchev–Trinajstić information content (AvgIpc) is 3.41. The molecule has 0 bridgehead atoms. The number of ether oxygens (including phenoxy) is 1. The van der Waals surface area contributed by atoms with Gasteiger partial charge in [-0.05, 0) is 44.2 Å². The van der Waals surface area contributed by atoms with Gasteiger partial charge in [-0.2, -0.15) is 10.2 Å². The summed E-state index contributed by atoms with van der Waals surface area (Å²) >= 11 is 0. The summed E-state index contributed by atoms with van der Waals surface area (Å²) in [4.78, 5) is 17.1. The number of para-hydroxylation sites is 1. The van der Waals surface area contributed by atoms with Crippen LogP contribution in [0, 0.1) is 6.92 Å². The van der Waals surface area contributed by atoms with Gasteiger partial charge in [-0.1, -0.05) is 18.2 Å². The van der Waals surface area contributed by atoms with Crippen molar-refractivity contribution in [2.24, 2.45) is 0 Å². The monoisotopic (exact) mass is 402 g/mol. The van der Waals surface area contributed by atoms with Crippen molar-refractivity contribution in [1.29, 1.82) is 0 Å². The summed E-state index contributed by atoms with van der Waals surface area (Å²) in [7, 11) is 1.61. The summed E-state index contributed by atoms with van der Waals surface area (Å²) in [5, 5.41) is 14.5. The van der Waals surface area contributed by atoms with Gasteiger partial charge >= 0.3 is 0 Å². The number of carbonyl (C=O) groups is 1. The zero-order valence-corrected chi connectivity index (χ0v) is 17.0. The SMILES string of the molecule is COc1ccccc1-c1cc(C(=O)NC(C)c2cnn(-c3ccccn3)c2C)[nH]n1. The Morgan fingerprint density at radius 3 is 2.77 bits per heavy atom. The van der Waals surface area contributed by atoms with Crippen LogP contribution in [0.4, 0.5) is 0 Å². The van der Waals surface area contributed by atoms with Crippen LogP contribution in [0.25, 0.3) is 17.1 Å². The molecular weight excluding hydrogens is 380 g/mol. The molecule has 0 spiro atoms. The van der Waals surface area contributed by atoms with Crippen molar-refractivity contribution in [2.75, 3.05) is 7.11 Å². The van der Waals surface area contributed by atoms with Gasteiger partial charge in [0.2, 0.25) is 0 Å². The number of carbonyl (C=O) groups excluding carboxylic acids is 1. The molecule has 1 amide bonds. The van der Waals surface area contributed by atoms with E-state index in [4.69, 9.17) is 4.74 Å². The minimum atomic E-state index is -0.249. The van der Waals surface area contributed by atoms with Crippen molar-refractivity contribution in [1.82, 2.24) is 30.3 Å². The highest BCUT2D eigenvalue weighted by molar-refractivity contribution is 5.93. The van der Waals surface area contributed by atoms with Crippen LogP contribution in [0.5, 0.6) is 5.75 Å². The Balaban J connectivity index is 1.51. The molecule has 30 heavy (non-hydrogen) atoms. The van der Waals surface area contributed by atoms with E-state index in [0.29, 0.717) is 17.1 Å². The lowest BCUT2D eigenvalue weighted by Crippen LogP contribution is -2.27. The highest BCUT2D eigenvalue weighted by atomic mass is 16.5. The Labute approximate surface area is 173 Å². The first-order valence-electron chi connectivity index (χ1n) is 9.54. The second-order valence-electron chi connectivity index (χ2n) is 6.85. The zero-order valence-electron chi connectivity index (χ0n) is 17.0. The van der Waals surface area contributed by atoms with Crippen LogP contribution < -0.4 is 10.1 Å². The van der Waals surface area contributed by atoms with E-state index in [-0.39, 0.29) is 11.9 Å². The quantitative estimate of drug-likeness (QED) is 0.515. The lowest BCUT2D eigenvalue weighted by molar-refractivity contribution is 0.0934. The van der Waals surface area contributed by atoms with Gasteiger partial charge in [-0.3, -0.25) is 9.89 Å². The lowest BCUT2D eigenvalue weighted by atomic mass is 10.1. The van der Waals surface area contributed by atoms with Crippen LogP contribution in [0.1, 0.15) is 34.7 Å². The molecule has 0 saturated carbocycles. The molecule has 8 nitrogen and oxygen atoms in total. The summed E-state index contributed by atoms with van der Waals surface area (Å²) in [5.41, 5.74) is 3.66. The molecule has 152 valence electrons. The Kier molecular flexibility index (Phi) is 5.30. The van der Waals surface area contributed by atoms with E-state index < -0.39 is 0 Å². The van der Waals surface area contributed by atoms with E-state index in [1.807, 2.05) is 56.3 Å². The number of pyridine rings is 1. The van der Waals surface area contributed by atoms with Crippen molar-refractivity contribution in [3.05, 3.63) is 77.9 Å². The number of aromatic nitrogens is 5. The first-order chi connectivity index (χ1) is 14.6. The van der Waals surface area contributed by atoms with E-state index >= 15 is 0 Å². The molecule has 1 aromatic carbocycles. The van der Waals surface area contributed by atoms with E-state index in [1.165, 1.54) is 0 Å². The molecular formula is C22H22N6O2. The molecule has 0 aliphatic carbocycles. The predicted octanol–water partition coefficient (Wildman–Crippen LogP) is 3.47. The molecule has 0 fully saturated rings. The van der Waals surface area contributed by atoms with Gasteiger partial charge in [0.1, 0.15) is 11.4 Å². The Morgan fingerprint density at radius 2 is 2.00 bits per heavy atom. The minimum Gasteiger partial charge on any atom is -0.496 e. The zero-order chi connectivity index (χ0) is 21.1. The van der Waals surface area contributed by atoms with Crippen LogP contribution >= 0.6 is 0 Å². The molecule has 3 aromatic heterocycles. The fraction of sp³-hybridized carbons (Fsp3) is 0.182. The van der Waals surface area contributed by atoms with Gasteiger partial charge in [-0.15, -0.1) is 0 Å². The summed E-state index contributed by atoms with van der Waals surface area (Å²) in [6.45, 7) is 3.87. The van der Waals surface area contributed by atoms with E-state index in [0.717, 1.165) is 22.6 Å². The molecule has 2 N–H and O–H groups in total. The molecule has 1 atom stereocenters. The largest absolute Gasteiger partial charge is 0.496 e. The Hall–Kier alpha value is -3.94. The number of methoxy groups -OCH3 is 1. The first kappa shape index (κ1) is 19.4. The van der Waals surface area contributed by atoms with E-state index in [2.05, 4.69) is 25.6 Å². The fourth-order valence-electron chi connectivity index (χ4n) is 3.34. The molecule has 1 unspecified atom stereocenters. The van der Waals surface area contributed by atoms with Crippen molar-refractivity contribution < 1.29 is 9.53 Å². The van der Waals surface area contributed by atoms with Gasteiger partial charge in [-0.25, -0.2) is 9.67 Å². The fourth-order valence-corrected chi connectivity index (χ4v) is 3.34. The third-order valence-corrected chi connectivity index (χ3v) is 4.93. The van der Waals surface area contributed by atoms with Gasteiger partial charge in [0.05, 0.1) is 25.0 Å². The Bertz CT molecular complexity index is 1170. The number of amides is 1. The maximum Gasteiger partial charge on any atom is 0.269 e. The number of hydrogen-bond donors (Lipinski definition) is 2. The molecule has 0 saturated heterocycles. The van der Waals surface area contributed by atoms with E-state index in [9.17, 15) is 4.79 Å². The molecule has 4 aromatic rings. The van der Waals surface area contributed by atoms with Crippen molar-refractivity contribution in [3.8, 4) is 22.8 Å². The van der Waals surface area contributed by atoms with Crippen LogP contribution in [0.3, 0.4) is 0 Å². The number of hydrogen-bond acceptors (Lipinski definition) is 5. The lowest BCUT2D eigenvalue weighted by Gasteiger charge is -2.13. The maximum absolute atomic E-state index is 12.8. The third kappa shape index (κ3) is 3.67. The molecule has 0 aliphatic rings. The molecule has 4 rings (SSSR count). The molecule has 0 radical (unpaired) electrons. The predicted molar refractivity (Wildman–Crippen MR) is 113 cm³/mol. The highest BCUT2D eigenvalue weighted by Gasteiger charge is 2.19. The van der Waals surface area contributed by atoms with Crippen LogP contribution in [-0.4, -0.2) is 38.0 Å². The number of H-pyrrole nitrogens is 1. The normalized spacial score (nSPS) is 11.8. The number of nitrogens with one attached hydrogen (secondary N) is 2. The number of aromatic amines is 1. The molecule has 8 heteroatoms. The number of rotatable bonds is 6. The van der Waals surface area contributed by atoms with Crippen molar-refractivity contribution in [2.45, 2.75) is 19.9 Å². The molecule has 3 heterocycles. The number of nitrogens with zero attached hydrogens (tertiary/aromatic N) is 4. The average molecular weight is 402 g/mol. The summed E-state index contributed by atoms with van der Waals surface area (Å²) < 4.78 is 7.13. The number of benzene rings is 1. The van der Waals surface area contributed by atoms with Gasteiger partial charge in [0.15, 0.2) is 5.82 Å². The van der Waals surface area contributed by atoms with Gasteiger partial charge in [0, 0.05) is 23.0 Å².